The molecule has 2 rings (SSSR count). The Bertz CT molecular complexity index is 637. The highest BCUT2D eigenvalue weighted by atomic mass is 19.1. The molecule has 0 saturated carbocycles. The van der Waals surface area contributed by atoms with Gasteiger partial charge in [0.1, 0.15) is 5.82 Å². The van der Waals surface area contributed by atoms with Crippen molar-refractivity contribution in [1.29, 1.82) is 0 Å². The maximum Gasteiger partial charge on any atom is 0.256 e. The van der Waals surface area contributed by atoms with Crippen molar-refractivity contribution in [2.45, 2.75) is 20.4 Å². The van der Waals surface area contributed by atoms with Crippen LogP contribution in [0.3, 0.4) is 0 Å². The third-order valence-electron chi connectivity index (χ3n) is 3.20. The van der Waals surface area contributed by atoms with E-state index in [2.05, 4.69) is 0 Å². The van der Waals surface area contributed by atoms with E-state index in [4.69, 9.17) is 0 Å². The fraction of sp³-hybridized carbons (Fsp3) is 0.235. The molecular weight excluding hydrogens is 253 g/mol. The van der Waals surface area contributed by atoms with Crippen molar-refractivity contribution < 1.29 is 9.18 Å². The van der Waals surface area contributed by atoms with Crippen LogP contribution in [0.25, 0.3) is 0 Å². The average Bonchev–Trinajstić information content (AvgIpc) is 2.40. The zero-order valence-electron chi connectivity index (χ0n) is 12.0. The van der Waals surface area contributed by atoms with Gasteiger partial charge in [-0.05, 0) is 31.5 Å². The highest BCUT2D eigenvalue weighted by molar-refractivity contribution is 5.94. The van der Waals surface area contributed by atoms with Gasteiger partial charge in [-0.25, -0.2) is 4.39 Å². The van der Waals surface area contributed by atoms with Crippen LogP contribution in [0.4, 0.5) is 4.39 Å². The predicted octanol–water partition coefficient (Wildman–Crippen LogP) is 3.71. The highest BCUT2D eigenvalue weighted by Crippen LogP contribution is 2.14. The van der Waals surface area contributed by atoms with Gasteiger partial charge in [0.05, 0.1) is 5.56 Å². The number of benzene rings is 2. The Labute approximate surface area is 118 Å². The lowest BCUT2D eigenvalue weighted by Gasteiger charge is -2.18. The van der Waals surface area contributed by atoms with Gasteiger partial charge in [-0.3, -0.25) is 4.79 Å². The van der Waals surface area contributed by atoms with Crippen molar-refractivity contribution in [2.24, 2.45) is 0 Å². The van der Waals surface area contributed by atoms with Gasteiger partial charge in [0.2, 0.25) is 0 Å². The van der Waals surface area contributed by atoms with E-state index in [1.165, 1.54) is 11.0 Å². The molecule has 2 aromatic rings. The summed E-state index contributed by atoms with van der Waals surface area (Å²) in [6.45, 7) is 4.32. The van der Waals surface area contributed by atoms with Gasteiger partial charge in [0.15, 0.2) is 0 Å². The minimum absolute atomic E-state index is 0.125. The van der Waals surface area contributed by atoms with Crippen molar-refractivity contribution in [3.63, 3.8) is 0 Å². The lowest BCUT2D eigenvalue weighted by molar-refractivity contribution is 0.0780. The van der Waals surface area contributed by atoms with E-state index in [0.29, 0.717) is 6.54 Å². The first kappa shape index (κ1) is 14.3. The summed E-state index contributed by atoms with van der Waals surface area (Å²) < 4.78 is 13.7. The molecule has 20 heavy (non-hydrogen) atoms. The lowest BCUT2D eigenvalue weighted by atomic mass is 10.1. The van der Waals surface area contributed by atoms with Crippen LogP contribution in [0.15, 0.2) is 42.5 Å². The molecule has 0 heterocycles. The number of nitrogens with zero attached hydrogens (tertiary/aromatic N) is 1. The molecule has 0 aromatic heterocycles. The summed E-state index contributed by atoms with van der Waals surface area (Å²) in [7, 11) is 1.69. The van der Waals surface area contributed by atoms with Crippen molar-refractivity contribution in [2.75, 3.05) is 7.05 Å². The molecule has 0 radical (unpaired) electrons. The van der Waals surface area contributed by atoms with Crippen molar-refractivity contribution in [1.82, 2.24) is 4.90 Å². The summed E-state index contributed by atoms with van der Waals surface area (Å²) >= 11 is 0. The predicted molar refractivity (Wildman–Crippen MR) is 78.1 cm³/mol. The van der Waals surface area contributed by atoms with E-state index in [0.717, 1.165) is 16.7 Å². The van der Waals surface area contributed by atoms with Gasteiger partial charge in [-0.2, -0.15) is 0 Å². The maximum atomic E-state index is 13.7. The van der Waals surface area contributed by atoms with E-state index >= 15 is 0 Å². The number of carbonyl (C=O) groups excluding carboxylic acids is 1. The number of rotatable bonds is 3. The first-order valence-electron chi connectivity index (χ1n) is 6.54. The lowest BCUT2D eigenvalue weighted by Crippen LogP contribution is -2.27. The third kappa shape index (κ3) is 3.23. The minimum Gasteiger partial charge on any atom is -0.337 e. The molecule has 0 N–H and O–H groups in total. The topological polar surface area (TPSA) is 20.3 Å². The molecule has 3 heteroatoms. The van der Waals surface area contributed by atoms with Crippen molar-refractivity contribution in [3.8, 4) is 0 Å². The summed E-state index contributed by atoms with van der Waals surface area (Å²) in [4.78, 5) is 13.8. The van der Waals surface area contributed by atoms with Gasteiger partial charge in [-0.15, -0.1) is 0 Å². The SMILES string of the molecule is Cc1cccc(CN(C)C(=O)c2cc(C)ccc2F)c1. The molecule has 0 atom stereocenters. The zero-order chi connectivity index (χ0) is 14.7. The standard InChI is InChI=1S/C17H18FNO/c1-12-5-4-6-14(9-12)11-19(3)17(20)15-10-13(2)7-8-16(15)18/h4-10H,11H2,1-3H3. The van der Waals surface area contributed by atoms with Crippen molar-refractivity contribution in [3.05, 3.63) is 70.5 Å². The average molecular weight is 271 g/mol. The molecule has 2 nitrogen and oxygen atoms in total. The molecule has 0 fully saturated rings. The Kier molecular flexibility index (Phi) is 4.18. The van der Waals surface area contributed by atoms with Gasteiger partial charge in [0, 0.05) is 13.6 Å². The molecule has 0 aliphatic heterocycles. The summed E-state index contributed by atoms with van der Waals surface area (Å²) in [6.07, 6.45) is 0. The fourth-order valence-corrected chi connectivity index (χ4v) is 2.16. The molecule has 0 spiro atoms. The molecule has 0 unspecified atom stereocenters. The Balaban J connectivity index is 2.18. The summed E-state index contributed by atoms with van der Waals surface area (Å²) in [6, 6.07) is 12.5. The van der Waals surface area contributed by atoms with Crippen LogP contribution in [-0.2, 0) is 6.54 Å². The normalized spacial score (nSPS) is 10.4. The molecular formula is C17H18FNO. The van der Waals surface area contributed by atoms with E-state index in [1.807, 2.05) is 38.1 Å². The number of hydrogen-bond donors (Lipinski definition) is 0. The monoisotopic (exact) mass is 271 g/mol. The second kappa shape index (κ2) is 5.87. The smallest absolute Gasteiger partial charge is 0.256 e. The molecule has 1 amide bonds. The number of carbonyl (C=O) groups is 1. The van der Waals surface area contributed by atoms with Crippen LogP contribution in [0.5, 0.6) is 0 Å². The number of halogens is 1. The van der Waals surface area contributed by atoms with Crippen LogP contribution in [0.2, 0.25) is 0 Å². The first-order chi connectivity index (χ1) is 9.47. The second-order valence-corrected chi connectivity index (χ2v) is 5.13. The Hall–Kier alpha value is -2.16. The number of hydrogen-bond acceptors (Lipinski definition) is 1. The number of amides is 1. The minimum atomic E-state index is -0.475. The Morgan fingerprint density at radius 2 is 1.80 bits per heavy atom. The van der Waals surface area contributed by atoms with Gasteiger partial charge in [-0.1, -0.05) is 41.5 Å². The molecule has 0 aliphatic rings. The Morgan fingerprint density at radius 3 is 2.50 bits per heavy atom. The zero-order valence-corrected chi connectivity index (χ0v) is 12.0. The van der Waals surface area contributed by atoms with Crippen LogP contribution in [0.1, 0.15) is 27.0 Å². The van der Waals surface area contributed by atoms with Gasteiger partial charge < -0.3 is 4.90 Å². The summed E-state index contributed by atoms with van der Waals surface area (Å²) in [5, 5.41) is 0. The van der Waals surface area contributed by atoms with E-state index in [1.54, 1.807) is 19.2 Å². The van der Waals surface area contributed by atoms with E-state index in [9.17, 15) is 9.18 Å². The molecule has 0 aliphatic carbocycles. The van der Waals surface area contributed by atoms with E-state index in [-0.39, 0.29) is 11.5 Å². The Morgan fingerprint density at radius 1 is 1.10 bits per heavy atom. The second-order valence-electron chi connectivity index (χ2n) is 5.13. The van der Waals surface area contributed by atoms with E-state index < -0.39 is 5.82 Å². The quantitative estimate of drug-likeness (QED) is 0.833. The van der Waals surface area contributed by atoms with Gasteiger partial charge in [0.25, 0.3) is 5.91 Å². The molecule has 104 valence electrons. The molecule has 2 aromatic carbocycles. The maximum absolute atomic E-state index is 13.7. The van der Waals surface area contributed by atoms with Crippen LogP contribution in [-0.4, -0.2) is 17.9 Å². The van der Waals surface area contributed by atoms with Crippen molar-refractivity contribution >= 4 is 5.91 Å². The largest absolute Gasteiger partial charge is 0.337 e. The summed E-state index contributed by atoms with van der Waals surface area (Å²) in [5.74, 6) is -0.774. The highest BCUT2D eigenvalue weighted by Gasteiger charge is 2.16. The third-order valence-corrected chi connectivity index (χ3v) is 3.20. The fourth-order valence-electron chi connectivity index (χ4n) is 2.16. The van der Waals surface area contributed by atoms with Crippen LogP contribution in [0, 0.1) is 19.7 Å². The van der Waals surface area contributed by atoms with Crippen LogP contribution >= 0.6 is 0 Å². The van der Waals surface area contributed by atoms with Gasteiger partial charge >= 0.3 is 0 Å². The first-order valence-corrected chi connectivity index (χ1v) is 6.54. The number of aryl methyl sites for hydroxylation is 2. The molecule has 0 bridgehead atoms. The summed E-state index contributed by atoms with van der Waals surface area (Å²) in [5.41, 5.74) is 3.18. The van der Waals surface area contributed by atoms with Crippen LogP contribution < -0.4 is 0 Å². The molecule has 0 saturated heterocycles.